The van der Waals surface area contributed by atoms with Gasteiger partial charge in [0.1, 0.15) is 0 Å². The monoisotopic (exact) mass is 304 g/mol. The molecular formula is C15H17BrN2. The summed E-state index contributed by atoms with van der Waals surface area (Å²) in [5.74, 6) is 0. The van der Waals surface area contributed by atoms with Crippen LogP contribution >= 0.6 is 15.9 Å². The predicted octanol–water partition coefficient (Wildman–Crippen LogP) is 4.38. The number of benzene rings is 1. The number of aromatic nitrogens is 1. The molecule has 0 bridgehead atoms. The van der Waals surface area contributed by atoms with Crippen molar-refractivity contribution in [3.8, 4) is 0 Å². The van der Waals surface area contributed by atoms with Gasteiger partial charge in [0.05, 0.1) is 5.69 Å². The van der Waals surface area contributed by atoms with Crippen LogP contribution in [0.4, 0.5) is 5.69 Å². The van der Waals surface area contributed by atoms with Crippen LogP contribution < -0.4 is 5.32 Å². The van der Waals surface area contributed by atoms with Crippen molar-refractivity contribution in [2.45, 2.75) is 27.3 Å². The normalized spacial score (nSPS) is 10.4. The number of anilines is 1. The first-order chi connectivity index (χ1) is 8.58. The fourth-order valence-electron chi connectivity index (χ4n) is 2.00. The van der Waals surface area contributed by atoms with E-state index in [-0.39, 0.29) is 0 Å². The molecule has 94 valence electrons. The summed E-state index contributed by atoms with van der Waals surface area (Å²) < 4.78 is 1.11. The average molecular weight is 305 g/mol. The summed E-state index contributed by atoms with van der Waals surface area (Å²) >= 11 is 3.61. The molecule has 2 rings (SSSR count). The highest BCUT2D eigenvalue weighted by molar-refractivity contribution is 9.10. The highest BCUT2D eigenvalue weighted by Gasteiger charge is 2.05. The summed E-state index contributed by atoms with van der Waals surface area (Å²) in [6, 6.07) is 6.35. The van der Waals surface area contributed by atoms with E-state index >= 15 is 0 Å². The van der Waals surface area contributed by atoms with E-state index in [1.54, 1.807) is 0 Å². The third-order valence-corrected chi connectivity index (χ3v) is 3.66. The molecule has 1 aromatic heterocycles. The van der Waals surface area contributed by atoms with E-state index in [0.29, 0.717) is 0 Å². The third-order valence-electron chi connectivity index (χ3n) is 3.03. The molecule has 1 heterocycles. The zero-order chi connectivity index (χ0) is 13.1. The lowest BCUT2D eigenvalue weighted by atomic mass is 10.1. The zero-order valence-electron chi connectivity index (χ0n) is 10.9. The maximum Gasteiger partial charge on any atom is 0.0517 e. The molecule has 3 heteroatoms. The Labute approximate surface area is 117 Å². The molecule has 0 unspecified atom stereocenters. The van der Waals surface area contributed by atoms with Crippen LogP contribution in [-0.2, 0) is 6.54 Å². The van der Waals surface area contributed by atoms with Crippen LogP contribution in [0.2, 0.25) is 0 Å². The van der Waals surface area contributed by atoms with Crippen molar-refractivity contribution in [3.05, 3.63) is 57.3 Å². The Morgan fingerprint density at radius 2 is 1.94 bits per heavy atom. The molecule has 0 spiro atoms. The number of halogens is 1. The molecule has 0 aliphatic rings. The molecule has 0 atom stereocenters. The van der Waals surface area contributed by atoms with Crippen molar-refractivity contribution in [2.24, 2.45) is 0 Å². The fourth-order valence-corrected chi connectivity index (χ4v) is 2.82. The number of aryl methyl sites for hydroxylation is 3. The van der Waals surface area contributed by atoms with Crippen LogP contribution in [0.15, 0.2) is 35.1 Å². The molecule has 2 aromatic rings. The van der Waals surface area contributed by atoms with Gasteiger partial charge < -0.3 is 5.32 Å². The maximum absolute atomic E-state index is 4.17. The second-order valence-corrected chi connectivity index (χ2v) is 5.45. The molecule has 0 aliphatic carbocycles. The van der Waals surface area contributed by atoms with Crippen molar-refractivity contribution in [3.63, 3.8) is 0 Å². The Morgan fingerprint density at radius 1 is 1.17 bits per heavy atom. The quantitative estimate of drug-likeness (QED) is 0.910. The first-order valence-electron chi connectivity index (χ1n) is 5.98. The smallest absolute Gasteiger partial charge is 0.0517 e. The minimum atomic E-state index is 0.794. The molecule has 0 saturated heterocycles. The first kappa shape index (κ1) is 13.1. The van der Waals surface area contributed by atoms with E-state index in [1.807, 2.05) is 18.5 Å². The summed E-state index contributed by atoms with van der Waals surface area (Å²) in [6.07, 6.45) is 3.74. The van der Waals surface area contributed by atoms with Crippen LogP contribution in [0.5, 0.6) is 0 Å². The molecule has 2 nitrogen and oxygen atoms in total. The number of hydrogen-bond acceptors (Lipinski definition) is 2. The van der Waals surface area contributed by atoms with E-state index in [1.165, 1.54) is 22.3 Å². The van der Waals surface area contributed by atoms with Gasteiger partial charge in [0.2, 0.25) is 0 Å². The second-order valence-electron chi connectivity index (χ2n) is 4.59. The largest absolute Gasteiger partial charge is 0.380 e. The Kier molecular flexibility index (Phi) is 4.02. The van der Waals surface area contributed by atoms with Gasteiger partial charge in [-0.2, -0.15) is 0 Å². The number of hydrogen-bond donors (Lipinski definition) is 1. The summed E-state index contributed by atoms with van der Waals surface area (Å²) in [6.45, 7) is 7.13. The lowest BCUT2D eigenvalue weighted by Gasteiger charge is -2.13. The topological polar surface area (TPSA) is 24.9 Å². The SMILES string of the molecule is Cc1cc(C)c(NCc2cnccc2C)c(Br)c1. The number of nitrogens with zero attached hydrogens (tertiary/aromatic N) is 1. The lowest BCUT2D eigenvalue weighted by Crippen LogP contribution is -2.04. The first-order valence-corrected chi connectivity index (χ1v) is 6.77. The van der Waals surface area contributed by atoms with E-state index in [2.05, 4.69) is 59.1 Å². The minimum absolute atomic E-state index is 0.794. The second kappa shape index (κ2) is 5.53. The van der Waals surface area contributed by atoms with Gasteiger partial charge in [-0.1, -0.05) is 6.07 Å². The Balaban J connectivity index is 2.19. The molecule has 0 aliphatic heterocycles. The van der Waals surface area contributed by atoms with Crippen molar-refractivity contribution >= 4 is 21.6 Å². The predicted molar refractivity (Wildman–Crippen MR) is 79.9 cm³/mol. The summed E-state index contributed by atoms with van der Waals surface area (Å²) in [4.78, 5) is 4.17. The third kappa shape index (κ3) is 2.91. The fraction of sp³-hybridized carbons (Fsp3) is 0.267. The number of pyridine rings is 1. The zero-order valence-corrected chi connectivity index (χ0v) is 12.5. The minimum Gasteiger partial charge on any atom is -0.380 e. The average Bonchev–Trinajstić information content (AvgIpc) is 2.30. The van der Waals surface area contributed by atoms with Gasteiger partial charge in [-0.3, -0.25) is 4.98 Å². The van der Waals surface area contributed by atoms with Gasteiger partial charge >= 0.3 is 0 Å². The molecule has 0 saturated carbocycles. The van der Waals surface area contributed by atoms with E-state index in [0.717, 1.165) is 16.7 Å². The van der Waals surface area contributed by atoms with Crippen LogP contribution in [0.3, 0.4) is 0 Å². The number of nitrogens with one attached hydrogen (secondary N) is 1. The Morgan fingerprint density at radius 3 is 2.61 bits per heavy atom. The summed E-state index contributed by atoms with van der Waals surface area (Å²) in [7, 11) is 0. The van der Waals surface area contributed by atoms with E-state index in [9.17, 15) is 0 Å². The van der Waals surface area contributed by atoms with Crippen molar-refractivity contribution in [1.82, 2.24) is 4.98 Å². The molecule has 0 fully saturated rings. The lowest BCUT2D eigenvalue weighted by molar-refractivity contribution is 1.07. The standard InChI is InChI=1S/C15H17BrN2/c1-10-6-12(3)15(14(16)7-10)18-9-13-8-17-5-4-11(13)2/h4-8,18H,9H2,1-3H3. The van der Waals surface area contributed by atoms with Gasteiger partial charge in [0, 0.05) is 23.4 Å². The van der Waals surface area contributed by atoms with Gasteiger partial charge in [-0.25, -0.2) is 0 Å². The Bertz CT molecular complexity index is 541. The van der Waals surface area contributed by atoms with Crippen LogP contribution in [0, 0.1) is 20.8 Å². The maximum atomic E-state index is 4.17. The van der Waals surface area contributed by atoms with Crippen molar-refractivity contribution in [1.29, 1.82) is 0 Å². The number of rotatable bonds is 3. The van der Waals surface area contributed by atoms with E-state index < -0.39 is 0 Å². The van der Waals surface area contributed by atoms with Crippen LogP contribution in [0.1, 0.15) is 22.3 Å². The summed E-state index contributed by atoms with van der Waals surface area (Å²) in [5.41, 5.74) is 6.16. The van der Waals surface area contributed by atoms with Crippen molar-refractivity contribution < 1.29 is 0 Å². The van der Waals surface area contributed by atoms with Crippen LogP contribution in [-0.4, -0.2) is 4.98 Å². The van der Waals surface area contributed by atoms with E-state index in [4.69, 9.17) is 0 Å². The molecule has 1 aromatic carbocycles. The van der Waals surface area contributed by atoms with Gasteiger partial charge in [-0.05, 0) is 71.1 Å². The highest BCUT2D eigenvalue weighted by atomic mass is 79.9. The summed E-state index contributed by atoms with van der Waals surface area (Å²) in [5, 5.41) is 3.48. The molecular weight excluding hydrogens is 288 g/mol. The van der Waals surface area contributed by atoms with Crippen molar-refractivity contribution in [2.75, 3.05) is 5.32 Å². The van der Waals surface area contributed by atoms with Gasteiger partial charge in [0.25, 0.3) is 0 Å². The Hall–Kier alpha value is -1.35. The van der Waals surface area contributed by atoms with Crippen LogP contribution in [0.25, 0.3) is 0 Å². The molecule has 1 N–H and O–H groups in total. The molecule has 0 amide bonds. The van der Waals surface area contributed by atoms with Gasteiger partial charge in [-0.15, -0.1) is 0 Å². The molecule has 0 radical (unpaired) electrons. The highest BCUT2D eigenvalue weighted by Crippen LogP contribution is 2.28. The molecule has 18 heavy (non-hydrogen) atoms. The van der Waals surface area contributed by atoms with Gasteiger partial charge in [0.15, 0.2) is 0 Å².